The van der Waals surface area contributed by atoms with E-state index in [0.29, 0.717) is 31.2 Å². The minimum absolute atomic E-state index is 0.117. The van der Waals surface area contributed by atoms with Crippen LogP contribution in [0.4, 0.5) is 5.69 Å². The molecular formula is C29H31N5O3S. The van der Waals surface area contributed by atoms with E-state index in [9.17, 15) is 9.59 Å². The summed E-state index contributed by atoms with van der Waals surface area (Å²) in [6, 6.07) is 15.5. The third-order valence-corrected chi connectivity index (χ3v) is 7.27. The summed E-state index contributed by atoms with van der Waals surface area (Å²) in [5, 5.41) is 15.1. The maximum atomic E-state index is 13.7. The monoisotopic (exact) mass is 529 g/mol. The molecule has 0 aliphatic carbocycles. The van der Waals surface area contributed by atoms with E-state index < -0.39 is 11.6 Å². The van der Waals surface area contributed by atoms with Crippen molar-refractivity contribution in [2.75, 3.05) is 4.90 Å². The van der Waals surface area contributed by atoms with Crippen LogP contribution in [0, 0.1) is 6.92 Å². The Morgan fingerprint density at radius 1 is 1.13 bits per heavy atom. The molecule has 196 valence electrons. The van der Waals surface area contributed by atoms with E-state index >= 15 is 0 Å². The molecule has 0 radical (unpaired) electrons. The van der Waals surface area contributed by atoms with E-state index in [-0.39, 0.29) is 18.2 Å². The number of para-hydroxylation sites is 1. The van der Waals surface area contributed by atoms with Gasteiger partial charge in [-0.25, -0.2) is 0 Å². The molecule has 8 nitrogen and oxygen atoms in total. The standard InChI is InChI=1S/C29H31N5O3S/c1-18-32-33-27(37-18)23-17-38-16-22(23)20-10-8-19(9-11-20)15-34-25-7-5-4-6-21(25)12-13-24(28(34)36)31-26(35)14-29(2,3)30/h4-11,16-17,24H,12-15,30H2,1-3H3,(H,31,35)/t24-/m1/s1. The Bertz CT molecular complexity index is 1450. The number of nitrogens with zero attached hydrogens (tertiary/aromatic N) is 3. The number of rotatable bonds is 7. The second-order valence-corrected chi connectivity index (χ2v) is 11.1. The van der Waals surface area contributed by atoms with Gasteiger partial charge < -0.3 is 20.4 Å². The van der Waals surface area contributed by atoms with Gasteiger partial charge in [-0.3, -0.25) is 9.59 Å². The molecule has 2 aromatic carbocycles. The highest BCUT2D eigenvalue weighted by atomic mass is 32.1. The minimum Gasteiger partial charge on any atom is -0.421 e. The molecule has 3 heterocycles. The van der Waals surface area contributed by atoms with E-state index in [0.717, 1.165) is 33.5 Å². The quantitative estimate of drug-likeness (QED) is 0.353. The summed E-state index contributed by atoms with van der Waals surface area (Å²) in [6.07, 6.45) is 1.39. The van der Waals surface area contributed by atoms with Crippen LogP contribution in [0.1, 0.15) is 43.7 Å². The van der Waals surface area contributed by atoms with Gasteiger partial charge in [0.25, 0.3) is 0 Å². The van der Waals surface area contributed by atoms with Crippen molar-refractivity contribution in [3.63, 3.8) is 0 Å². The average molecular weight is 530 g/mol. The summed E-state index contributed by atoms with van der Waals surface area (Å²) in [4.78, 5) is 28.1. The maximum Gasteiger partial charge on any atom is 0.249 e. The summed E-state index contributed by atoms with van der Waals surface area (Å²) >= 11 is 1.58. The molecule has 0 bridgehead atoms. The fourth-order valence-electron chi connectivity index (χ4n) is 4.74. The molecule has 0 unspecified atom stereocenters. The second-order valence-electron chi connectivity index (χ2n) is 10.4. The minimum atomic E-state index is -0.646. The van der Waals surface area contributed by atoms with Crippen molar-refractivity contribution in [1.29, 1.82) is 0 Å². The van der Waals surface area contributed by atoms with E-state index in [1.807, 2.05) is 53.9 Å². The van der Waals surface area contributed by atoms with E-state index in [2.05, 4.69) is 20.9 Å². The third-order valence-electron chi connectivity index (χ3n) is 6.52. The van der Waals surface area contributed by atoms with Crippen molar-refractivity contribution in [3.8, 4) is 22.6 Å². The number of anilines is 1. The lowest BCUT2D eigenvalue weighted by molar-refractivity contribution is -0.128. The predicted molar refractivity (Wildman–Crippen MR) is 149 cm³/mol. The number of fused-ring (bicyclic) bond motifs is 1. The molecule has 0 fully saturated rings. The van der Waals surface area contributed by atoms with Crippen molar-refractivity contribution in [1.82, 2.24) is 15.5 Å². The fourth-order valence-corrected chi connectivity index (χ4v) is 5.57. The van der Waals surface area contributed by atoms with Crippen LogP contribution >= 0.6 is 11.3 Å². The topological polar surface area (TPSA) is 114 Å². The fraction of sp³-hybridized carbons (Fsp3) is 0.310. The molecule has 9 heteroatoms. The number of amides is 2. The highest BCUT2D eigenvalue weighted by Gasteiger charge is 2.32. The number of nitrogens with one attached hydrogen (secondary N) is 1. The Kier molecular flexibility index (Phi) is 7.14. The van der Waals surface area contributed by atoms with Gasteiger partial charge in [0.2, 0.25) is 23.6 Å². The molecule has 38 heavy (non-hydrogen) atoms. The van der Waals surface area contributed by atoms with Gasteiger partial charge >= 0.3 is 0 Å². The first-order chi connectivity index (χ1) is 18.2. The lowest BCUT2D eigenvalue weighted by atomic mass is 10.0. The lowest BCUT2D eigenvalue weighted by Crippen LogP contribution is -2.49. The second kappa shape index (κ2) is 10.5. The Labute approximate surface area is 225 Å². The lowest BCUT2D eigenvalue weighted by Gasteiger charge is -2.27. The summed E-state index contributed by atoms with van der Waals surface area (Å²) in [7, 11) is 0. The van der Waals surface area contributed by atoms with Crippen molar-refractivity contribution in [2.24, 2.45) is 5.73 Å². The van der Waals surface area contributed by atoms with Crippen LogP contribution in [-0.4, -0.2) is 33.6 Å². The van der Waals surface area contributed by atoms with E-state index in [4.69, 9.17) is 10.2 Å². The Balaban J connectivity index is 1.38. The highest BCUT2D eigenvalue weighted by Crippen LogP contribution is 2.35. The summed E-state index contributed by atoms with van der Waals surface area (Å²) in [5.41, 5.74) is 11.3. The largest absolute Gasteiger partial charge is 0.421 e. The van der Waals surface area contributed by atoms with Gasteiger partial charge in [0.15, 0.2) is 0 Å². The van der Waals surface area contributed by atoms with Gasteiger partial charge in [-0.05, 0) is 54.8 Å². The first-order valence-corrected chi connectivity index (χ1v) is 13.6. The SMILES string of the molecule is Cc1nnc(-c2cscc2-c2ccc(CN3C(=O)[C@H](NC(=O)CC(C)(C)N)CCc4ccccc43)cc2)o1. The van der Waals surface area contributed by atoms with Gasteiger partial charge in [0, 0.05) is 35.5 Å². The van der Waals surface area contributed by atoms with Crippen LogP contribution in [-0.2, 0) is 22.6 Å². The Hall–Kier alpha value is -3.82. The number of aromatic nitrogens is 2. The third kappa shape index (κ3) is 5.69. The molecule has 4 aromatic rings. The number of nitrogens with two attached hydrogens (primary N) is 1. The maximum absolute atomic E-state index is 13.7. The molecule has 0 saturated carbocycles. The zero-order chi connectivity index (χ0) is 26.9. The molecule has 0 spiro atoms. The van der Waals surface area contributed by atoms with E-state index in [1.54, 1.807) is 37.0 Å². The number of hydrogen-bond donors (Lipinski definition) is 2. The van der Waals surface area contributed by atoms with Crippen molar-refractivity contribution in [2.45, 2.75) is 58.2 Å². The smallest absolute Gasteiger partial charge is 0.249 e. The summed E-state index contributed by atoms with van der Waals surface area (Å²) in [5.74, 6) is 0.694. The molecule has 0 saturated heterocycles. The number of hydrogen-bond acceptors (Lipinski definition) is 7. The van der Waals surface area contributed by atoms with Crippen LogP contribution in [0.15, 0.2) is 63.7 Å². The first kappa shape index (κ1) is 25.8. The molecule has 2 amide bonds. The Morgan fingerprint density at radius 3 is 2.58 bits per heavy atom. The average Bonchev–Trinajstić information content (AvgIpc) is 3.51. The highest BCUT2D eigenvalue weighted by molar-refractivity contribution is 7.08. The summed E-state index contributed by atoms with van der Waals surface area (Å²) < 4.78 is 5.64. The van der Waals surface area contributed by atoms with Crippen LogP contribution in [0.5, 0.6) is 0 Å². The van der Waals surface area contributed by atoms with Gasteiger partial charge in [-0.1, -0.05) is 42.5 Å². The summed E-state index contributed by atoms with van der Waals surface area (Å²) in [6.45, 7) is 5.77. The van der Waals surface area contributed by atoms with Crippen molar-refractivity contribution in [3.05, 3.63) is 76.3 Å². The van der Waals surface area contributed by atoms with Crippen molar-refractivity contribution < 1.29 is 14.0 Å². The number of carbonyl (C=O) groups excluding carboxylic acids is 2. The van der Waals surface area contributed by atoms with Crippen LogP contribution in [0.3, 0.4) is 0 Å². The molecule has 2 aromatic heterocycles. The first-order valence-electron chi connectivity index (χ1n) is 12.6. The molecule has 1 aliphatic heterocycles. The predicted octanol–water partition coefficient (Wildman–Crippen LogP) is 4.87. The zero-order valence-electron chi connectivity index (χ0n) is 21.7. The van der Waals surface area contributed by atoms with Gasteiger partial charge in [-0.2, -0.15) is 11.3 Å². The molecule has 1 aliphatic rings. The van der Waals surface area contributed by atoms with Crippen LogP contribution in [0.2, 0.25) is 0 Å². The van der Waals surface area contributed by atoms with Crippen LogP contribution < -0.4 is 16.0 Å². The number of carbonyl (C=O) groups is 2. The van der Waals surface area contributed by atoms with Gasteiger partial charge in [-0.15, -0.1) is 10.2 Å². The van der Waals surface area contributed by atoms with Gasteiger partial charge in [0.1, 0.15) is 6.04 Å². The molecular weight excluding hydrogens is 498 g/mol. The molecule has 3 N–H and O–H groups in total. The molecule has 5 rings (SSSR count). The number of thiophene rings is 1. The normalized spacial score (nSPS) is 15.7. The van der Waals surface area contributed by atoms with Crippen LogP contribution in [0.25, 0.3) is 22.6 Å². The molecule has 1 atom stereocenters. The van der Waals surface area contributed by atoms with Crippen molar-refractivity contribution >= 4 is 28.8 Å². The number of aryl methyl sites for hydroxylation is 2. The zero-order valence-corrected chi connectivity index (χ0v) is 22.5. The Morgan fingerprint density at radius 2 is 1.87 bits per heavy atom. The van der Waals surface area contributed by atoms with Gasteiger partial charge in [0.05, 0.1) is 12.1 Å². The number of benzene rings is 2. The van der Waals surface area contributed by atoms with E-state index in [1.165, 1.54) is 0 Å².